The fourth-order valence-electron chi connectivity index (χ4n) is 5.74. The van der Waals surface area contributed by atoms with Gasteiger partial charge in [0.05, 0.1) is 6.61 Å². The van der Waals surface area contributed by atoms with E-state index in [1.807, 2.05) is 7.11 Å². The number of allylic oxidation sites excluding steroid dienone is 1. The van der Waals surface area contributed by atoms with Gasteiger partial charge >= 0.3 is 0 Å². The predicted molar refractivity (Wildman–Crippen MR) is 108 cm³/mol. The van der Waals surface area contributed by atoms with Gasteiger partial charge in [-0.1, -0.05) is 36.4 Å². The maximum atomic E-state index is 5.48. The van der Waals surface area contributed by atoms with Crippen molar-refractivity contribution in [2.45, 2.75) is 38.1 Å². The summed E-state index contributed by atoms with van der Waals surface area (Å²) in [5.41, 5.74) is 4.92. The van der Waals surface area contributed by atoms with Crippen molar-refractivity contribution in [3.8, 4) is 0 Å². The molecule has 2 aliphatic carbocycles. The van der Waals surface area contributed by atoms with E-state index >= 15 is 0 Å². The van der Waals surface area contributed by atoms with E-state index in [-0.39, 0.29) is 0 Å². The minimum atomic E-state index is 0.615. The van der Waals surface area contributed by atoms with Crippen LogP contribution in [0.5, 0.6) is 0 Å². The zero-order valence-electron chi connectivity index (χ0n) is 15.8. The van der Waals surface area contributed by atoms with Crippen LogP contribution in [0.2, 0.25) is 0 Å². The number of benzene rings is 2. The SMILES string of the molecule is COC[C@H]1CCCN1CC1=C(c2ccc3ccccc3c2)C2CCC1C2. The van der Waals surface area contributed by atoms with Crippen LogP contribution >= 0.6 is 0 Å². The third-order valence-electron chi connectivity index (χ3n) is 6.97. The van der Waals surface area contributed by atoms with Gasteiger partial charge in [-0.3, -0.25) is 4.90 Å². The van der Waals surface area contributed by atoms with Gasteiger partial charge in [-0.25, -0.2) is 0 Å². The van der Waals surface area contributed by atoms with Crippen LogP contribution in [0, 0.1) is 11.8 Å². The second-order valence-electron chi connectivity index (χ2n) is 8.43. The van der Waals surface area contributed by atoms with Crippen LogP contribution in [0.25, 0.3) is 16.3 Å². The molecule has 1 saturated carbocycles. The highest BCUT2D eigenvalue weighted by atomic mass is 16.5. The zero-order valence-corrected chi connectivity index (χ0v) is 15.8. The van der Waals surface area contributed by atoms with Gasteiger partial charge in [0.1, 0.15) is 0 Å². The van der Waals surface area contributed by atoms with E-state index in [0.29, 0.717) is 6.04 Å². The summed E-state index contributed by atoms with van der Waals surface area (Å²) in [7, 11) is 1.84. The lowest BCUT2D eigenvalue weighted by Gasteiger charge is -2.29. The maximum Gasteiger partial charge on any atom is 0.0618 e. The number of ether oxygens (including phenoxy) is 1. The van der Waals surface area contributed by atoms with Gasteiger partial charge in [0.15, 0.2) is 0 Å². The van der Waals surface area contributed by atoms with Crippen LogP contribution in [0.1, 0.15) is 37.7 Å². The highest BCUT2D eigenvalue weighted by Crippen LogP contribution is 2.53. The number of fused-ring (bicyclic) bond motifs is 3. The summed E-state index contributed by atoms with van der Waals surface area (Å²) in [4.78, 5) is 2.70. The van der Waals surface area contributed by atoms with Crippen LogP contribution in [-0.4, -0.2) is 37.7 Å². The molecule has 2 heteroatoms. The number of rotatable bonds is 5. The number of nitrogens with zero attached hydrogens (tertiary/aromatic N) is 1. The first-order valence-electron chi connectivity index (χ1n) is 10.3. The highest BCUT2D eigenvalue weighted by molar-refractivity contribution is 5.87. The van der Waals surface area contributed by atoms with Gasteiger partial charge < -0.3 is 4.74 Å². The topological polar surface area (TPSA) is 12.5 Å². The molecule has 1 heterocycles. The van der Waals surface area contributed by atoms with Crippen molar-refractivity contribution in [3.05, 3.63) is 53.6 Å². The van der Waals surface area contributed by atoms with E-state index < -0.39 is 0 Å². The molecule has 1 aliphatic heterocycles. The van der Waals surface area contributed by atoms with Crippen molar-refractivity contribution in [2.24, 2.45) is 11.8 Å². The zero-order chi connectivity index (χ0) is 17.5. The van der Waals surface area contributed by atoms with Crippen LogP contribution in [0.4, 0.5) is 0 Å². The molecule has 2 aromatic rings. The molecule has 0 amide bonds. The molecule has 0 aromatic heterocycles. The second-order valence-corrected chi connectivity index (χ2v) is 8.43. The quantitative estimate of drug-likeness (QED) is 0.743. The largest absolute Gasteiger partial charge is 0.383 e. The molecule has 26 heavy (non-hydrogen) atoms. The third kappa shape index (κ3) is 2.80. The average Bonchev–Trinajstić information content (AvgIpc) is 3.39. The molecule has 0 radical (unpaired) electrons. The predicted octanol–water partition coefficient (Wildman–Crippen LogP) is 5.13. The Kier molecular flexibility index (Phi) is 4.34. The van der Waals surface area contributed by atoms with Crippen LogP contribution in [-0.2, 0) is 4.74 Å². The number of hydrogen-bond acceptors (Lipinski definition) is 2. The Morgan fingerprint density at radius 1 is 1.00 bits per heavy atom. The Balaban J connectivity index is 1.51. The lowest BCUT2D eigenvalue weighted by molar-refractivity contribution is 0.119. The second kappa shape index (κ2) is 6.83. The molecule has 0 N–H and O–H groups in total. The smallest absolute Gasteiger partial charge is 0.0618 e. The Bertz CT molecular complexity index is 839. The molecule has 2 nitrogen and oxygen atoms in total. The Hall–Kier alpha value is -1.64. The van der Waals surface area contributed by atoms with Crippen molar-refractivity contribution in [1.29, 1.82) is 0 Å². The molecular weight excluding hydrogens is 318 g/mol. The summed E-state index contributed by atoms with van der Waals surface area (Å²) in [6.07, 6.45) is 6.79. The maximum absolute atomic E-state index is 5.48. The van der Waals surface area contributed by atoms with Gasteiger partial charge in [-0.05, 0) is 84.0 Å². The molecule has 2 unspecified atom stereocenters. The molecule has 2 aromatic carbocycles. The molecule has 1 saturated heterocycles. The standard InChI is InChI=1S/C24H29NO/c1-26-16-22-7-4-12-25(22)15-23-19-9-11-21(14-19)24(23)20-10-8-17-5-2-3-6-18(17)13-20/h2-3,5-6,8,10,13,19,21-22H,4,7,9,11-12,14-16H2,1H3/t19?,21?,22-/m1/s1. The monoisotopic (exact) mass is 347 g/mol. The molecular formula is C24H29NO. The Morgan fingerprint density at radius 3 is 2.73 bits per heavy atom. The average molecular weight is 348 g/mol. The summed E-state index contributed by atoms with van der Waals surface area (Å²) in [6.45, 7) is 3.28. The van der Waals surface area contributed by atoms with Crippen LogP contribution in [0.15, 0.2) is 48.0 Å². The van der Waals surface area contributed by atoms with Crippen molar-refractivity contribution in [2.75, 3.05) is 26.8 Å². The molecule has 5 rings (SSSR count). The summed E-state index contributed by atoms with van der Waals surface area (Å²) in [5.74, 6) is 1.62. The number of methoxy groups -OCH3 is 1. The molecule has 2 bridgehead atoms. The molecule has 2 fully saturated rings. The summed E-state index contributed by atoms with van der Waals surface area (Å²) >= 11 is 0. The number of likely N-dealkylation sites (tertiary alicyclic amines) is 1. The lowest BCUT2D eigenvalue weighted by Crippen LogP contribution is -2.35. The van der Waals surface area contributed by atoms with E-state index in [4.69, 9.17) is 4.74 Å². The van der Waals surface area contributed by atoms with E-state index in [2.05, 4.69) is 47.4 Å². The minimum Gasteiger partial charge on any atom is -0.383 e. The third-order valence-corrected chi connectivity index (χ3v) is 6.97. The van der Waals surface area contributed by atoms with Crippen molar-refractivity contribution in [3.63, 3.8) is 0 Å². The van der Waals surface area contributed by atoms with Gasteiger partial charge in [-0.2, -0.15) is 0 Å². The minimum absolute atomic E-state index is 0.615. The van der Waals surface area contributed by atoms with Crippen LogP contribution < -0.4 is 0 Å². The fraction of sp³-hybridized carbons (Fsp3) is 0.500. The Labute approximate surface area is 156 Å². The van der Waals surface area contributed by atoms with Gasteiger partial charge in [0, 0.05) is 19.7 Å². The van der Waals surface area contributed by atoms with Crippen molar-refractivity contribution in [1.82, 2.24) is 4.90 Å². The van der Waals surface area contributed by atoms with Gasteiger partial charge in [0.25, 0.3) is 0 Å². The lowest BCUT2D eigenvalue weighted by atomic mass is 9.86. The van der Waals surface area contributed by atoms with Gasteiger partial charge in [-0.15, -0.1) is 0 Å². The van der Waals surface area contributed by atoms with E-state index in [9.17, 15) is 0 Å². The molecule has 3 aliphatic rings. The molecule has 0 spiro atoms. The normalized spacial score (nSPS) is 28.6. The summed E-state index contributed by atoms with van der Waals surface area (Å²) < 4.78 is 5.48. The molecule has 136 valence electrons. The summed E-state index contributed by atoms with van der Waals surface area (Å²) in [6, 6.07) is 16.5. The van der Waals surface area contributed by atoms with Crippen LogP contribution in [0.3, 0.4) is 0 Å². The number of hydrogen-bond donors (Lipinski definition) is 0. The Morgan fingerprint density at radius 2 is 1.85 bits per heavy atom. The highest BCUT2D eigenvalue weighted by Gasteiger charge is 2.40. The van der Waals surface area contributed by atoms with E-state index in [1.165, 1.54) is 55.0 Å². The van der Waals surface area contributed by atoms with Gasteiger partial charge in [0.2, 0.25) is 0 Å². The van der Waals surface area contributed by atoms with E-state index in [1.54, 1.807) is 11.1 Å². The molecule has 3 atom stereocenters. The van der Waals surface area contributed by atoms with E-state index in [0.717, 1.165) is 25.0 Å². The van der Waals surface area contributed by atoms with Crippen molar-refractivity contribution < 1.29 is 4.74 Å². The first-order valence-corrected chi connectivity index (χ1v) is 10.3. The first-order chi connectivity index (χ1) is 12.8. The summed E-state index contributed by atoms with van der Waals surface area (Å²) in [5, 5.41) is 2.72. The fourth-order valence-corrected chi connectivity index (χ4v) is 5.74. The van der Waals surface area contributed by atoms with Crippen molar-refractivity contribution >= 4 is 16.3 Å². The first kappa shape index (κ1) is 16.5.